The molecule has 3 aliphatic carbocycles. The monoisotopic (exact) mass is 933 g/mol. The predicted octanol–water partition coefficient (Wildman–Crippen LogP) is 19.4. The smallest absolute Gasteiger partial charge is 0.144 e. The summed E-state index contributed by atoms with van der Waals surface area (Å²) in [6.45, 7) is 28.1. The largest absolute Gasteiger partial charge is 0.455 e. The van der Waals surface area contributed by atoms with Crippen molar-refractivity contribution >= 4 is 60.9 Å². The minimum Gasteiger partial charge on any atom is -0.455 e. The molecule has 72 heavy (non-hydrogen) atoms. The van der Waals surface area contributed by atoms with E-state index >= 15 is 0 Å². The van der Waals surface area contributed by atoms with Crippen molar-refractivity contribution in [2.75, 3.05) is 4.90 Å². The molecule has 0 aliphatic heterocycles. The zero-order valence-electron chi connectivity index (χ0n) is 43.5. The van der Waals surface area contributed by atoms with E-state index in [4.69, 9.17) is 8.83 Å². The van der Waals surface area contributed by atoms with E-state index in [1.807, 2.05) is 0 Å². The van der Waals surface area contributed by atoms with E-state index in [9.17, 15) is 0 Å². The number of fused-ring (bicyclic) bond motifs is 19. The molecule has 2 aromatic heterocycles. The van der Waals surface area contributed by atoms with Crippen LogP contribution >= 0.6 is 0 Å². The van der Waals surface area contributed by atoms with Gasteiger partial charge in [-0.05, 0) is 173 Å². The van der Waals surface area contributed by atoms with E-state index in [1.54, 1.807) is 0 Å². The van der Waals surface area contributed by atoms with Crippen molar-refractivity contribution in [3.05, 3.63) is 206 Å². The van der Waals surface area contributed by atoms with Gasteiger partial charge in [0, 0.05) is 60.3 Å². The average Bonchev–Trinajstić information content (AvgIpc) is 4.09. The van der Waals surface area contributed by atoms with Gasteiger partial charge in [-0.3, -0.25) is 0 Å². The van der Waals surface area contributed by atoms with Gasteiger partial charge < -0.3 is 13.7 Å². The molecular weight excluding hydrogens is 875 g/mol. The molecule has 0 saturated heterocycles. The zero-order chi connectivity index (χ0) is 49.7. The summed E-state index contributed by atoms with van der Waals surface area (Å²) in [5.74, 6) is 0. The Morgan fingerprint density at radius 1 is 0.361 bits per heavy atom. The van der Waals surface area contributed by atoms with Gasteiger partial charge in [0.25, 0.3) is 0 Å². The molecule has 0 amide bonds. The second-order valence-corrected chi connectivity index (χ2v) is 23.2. The third kappa shape index (κ3) is 5.46. The van der Waals surface area contributed by atoms with E-state index < -0.39 is 0 Å². The molecule has 11 aromatic rings. The first-order valence-corrected chi connectivity index (χ1v) is 25.8. The van der Waals surface area contributed by atoms with Crippen LogP contribution in [0.15, 0.2) is 148 Å². The third-order valence-corrected chi connectivity index (χ3v) is 17.5. The van der Waals surface area contributed by atoms with Gasteiger partial charge in [0.15, 0.2) is 0 Å². The lowest BCUT2D eigenvalue weighted by atomic mass is 9.72. The van der Waals surface area contributed by atoms with E-state index in [1.165, 1.54) is 133 Å². The summed E-state index contributed by atoms with van der Waals surface area (Å²) in [6, 6.07) is 52.7. The van der Waals surface area contributed by atoms with Crippen LogP contribution in [0.5, 0.6) is 0 Å². The first-order chi connectivity index (χ1) is 34.5. The second-order valence-electron chi connectivity index (χ2n) is 23.2. The molecule has 0 spiro atoms. The Balaban J connectivity index is 1.00. The van der Waals surface area contributed by atoms with Crippen LogP contribution in [0.1, 0.15) is 108 Å². The molecule has 352 valence electrons. The summed E-state index contributed by atoms with van der Waals surface area (Å²) >= 11 is 0. The topological polar surface area (TPSA) is 29.5 Å². The first-order valence-electron chi connectivity index (χ1n) is 25.8. The van der Waals surface area contributed by atoms with Crippen molar-refractivity contribution in [1.82, 2.24) is 0 Å². The highest BCUT2D eigenvalue weighted by Crippen LogP contribution is 2.64. The fourth-order valence-electron chi connectivity index (χ4n) is 14.6. The Labute approximate surface area is 422 Å². The maximum atomic E-state index is 7.01. The molecule has 0 fully saturated rings. The molecule has 0 unspecified atom stereocenters. The summed E-state index contributed by atoms with van der Waals surface area (Å²) in [5, 5.41) is 4.77. The van der Waals surface area contributed by atoms with Crippen molar-refractivity contribution in [2.24, 2.45) is 0 Å². The summed E-state index contributed by atoms with van der Waals surface area (Å²) in [4.78, 5) is 2.56. The Hall–Kier alpha value is -7.62. The summed E-state index contributed by atoms with van der Waals surface area (Å²) in [5.41, 5.74) is 32.4. The number of hydrogen-bond acceptors (Lipinski definition) is 3. The standard InChI is InChI=1S/C69H59NO2/c1-36-29-38(3)56(39(4)30-36)49-35-53-57(59-47-20-14-17-23-54(47)71-65(49)59)45-27-25-42(33-51(45)67(53,7)8)70(64-40(5)31-37(2)32-41(64)6)43-26-28-46-52(34-43)69(11,12)62-58(46)60-48-21-15-18-24-55(48)72-66(60)61-44-19-13-16-22-50(44)68(9,10)63(61)62/h13-35H,1-12H3. The number of hydrogen-bond donors (Lipinski definition) is 0. The van der Waals surface area contributed by atoms with Crippen molar-refractivity contribution in [3.8, 4) is 44.5 Å². The summed E-state index contributed by atoms with van der Waals surface area (Å²) in [6.07, 6.45) is 0. The van der Waals surface area contributed by atoms with Crippen LogP contribution in [0.25, 0.3) is 88.4 Å². The zero-order valence-corrected chi connectivity index (χ0v) is 43.5. The molecule has 9 aromatic carbocycles. The highest BCUT2D eigenvalue weighted by atomic mass is 16.3. The van der Waals surface area contributed by atoms with E-state index in [-0.39, 0.29) is 16.2 Å². The number of benzene rings is 9. The minimum atomic E-state index is -0.328. The summed E-state index contributed by atoms with van der Waals surface area (Å²) < 4.78 is 14.0. The van der Waals surface area contributed by atoms with E-state index in [2.05, 4.69) is 228 Å². The van der Waals surface area contributed by atoms with Gasteiger partial charge in [0.05, 0.1) is 5.69 Å². The first kappa shape index (κ1) is 43.2. The number of nitrogens with zero attached hydrogens (tertiary/aromatic N) is 1. The molecule has 0 saturated carbocycles. The predicted molar refractivity (Wildman–Crippen MR) is 302 cm³/mol. The fourth-order valence-corrected chi connectivity index (χ4v) is 14.6. The maximum Gasteiger partial charge on any atom is 0.144 e. The van der Waals surface area contributed by atoms with E-state index in [0.29, 0.717) is 0 Å². The van der Waals surface area contributed by atoms with Crippen LogP contribution in [0, 0.1) is 41.5 Å². The molecule has 0 N–H and O–H groups in total. The quantitative estimate of drug-likeness (QED) is 0.176. The Bertz CT molecular complexity index is 4210. The van der Waals surface area contributed by atoms with Crippen molar-refractivity contribution in [1.29, 1.82) is 0 Å². The number of furan rings is 2. The van der Waals surface area contributed by atoms with Crippen LogP contribution in [0.3, 0.4) is 0 Å². The number of aryl methyl sites for hydroxylation is 6. The molecule has 14 rings (SSSR count). The van der Waals surface area contributed by atoms with E-state index in [0.717, 1.165) is 39.1 Å². The molecule has 0 atom stereocenters. The number of rotatable bonds is 4. The second kappa shape index (κ2) is 14.3. The third-order valence-electron chi connectivity index (χ3n) is 17.5. The van der Waals surface area contributed by atoms with Crippen molar-refractivity contribution < 1.29 is 8.83 Å². The maximum absolute atomic E-state index is 7.01. The molecule has 3 heteroatoms. The Morgan fingerprint density at radius 3 is 1.46 bits per heavy atom. The SMILES string of the molecule is Cc1cc(C)c(-c2cc3c(c4c2oc2ccccc24)-c2ccc(N(c4ccc5c(c4)C(C)(C)c4c6c(c7oc8ccccc8c7c4-5)-c4ccccc4C6(C)C)c4c(C)cc(C)cc4C)cc2C3(C)C)c(C)c1. The van der Waals surface area contributed by atoms with Crippen molar-refractivity contribution in [2.45, 2.75) is 99.3 Å². The molecule has 3 nitrogen and oxygen atoms in total. The lowest BCUT2D eigenvalue weighted by Gasteiger charge is -2.33. The van der Waals surface area contributed by atoms with Crippen LogP contribution < -0.4 is 4.90 Å². The van der Waals surface area contributed by atoms with Gasteiger partial charge in [0.2, 0.25) is 0 Å². The number of para-hydroxylation sites is 2. The van der Waals surface area contributed by atoms with Crippen LogP contribution in [0.2, 0.25) is 0 Å². The Morgan fingerprint density at radius 2 is 0.833 bits per heavy atom. The molecule has 0 radical (unpaired) electrons. The van der Waals surface area contributed by atoms with Gasteiger partial charge in [-0.2, -0.15) is 0 Å². The highest BCUT2D eigenvalue weighted by molar-refractivity contribution is 6.21. The minimum absolute atomic E-state index is 0.227. The normalized spacial score (nSPS) is 15.3. The lowest BCUT2D eigenvalue weighted by molar-refractivity contribution is 0.600. The molecule has 2 heterocycles. The van der Waals surface area contributed by atoms with Gasteiger partial charge in [-0.25, -0.2) is 0 Å². The molecule has 0 bridgehead atoms. The fraction of sp³-hybridized carbons (Fsp3) is 0.217. The highest BCUT2D eigenvalue weighted by Gasteiger charge is 2.49. The average molecular weight is 934 g/mol. The van der Waals surface area contributed by atoms with Crippen LogP contribution in [-0.2, 0) is 16.2 Å². The van der Waals surface area contributed by atoms with Crippen LogP contribution in [0.4, 0.5) is 17.1 Å². The lowest BCUT2D eigenvalue weighted by Crippen LogP contribution is -2.24. The molecular formula is C69H59NO2. The van der Waals surface area contributed by atoms with Gasteiger partial charge in [0.1, 0.15) is 22.3 Å². The van der Waals surface area contributed by atoms with Gasteiger partial charge in [-0.1, -0.05) is 150 Å². The number of anilines is 3. The Kier molecular flexibility index (Phi) is 8.57. The van der Waals surface area contributed by atoms with Crippen LogP contribution in [-0.4, -0.2) is 0 Å². The van der Waals surface area contributed by atoms with Gasteiger partial charge >= 0.3 is 0 Å². The van der Waals surface area contributed by atoms with Gasteiger partial charge in [-0.15, -0.1) is 0 Å². The molecule has 3 aliphatic rings. The van der Waals surface area contributed by atoms with Crippen molar-refractivity contribution in [3.63, 3.8) is 0 Å². The summed E-state index contributed by atoms with van der Waals surface area (Å²) in [7, 11) is 0.